The molecular formula is C16H22N2O2S. The third-order valence-corrected chi connectivity index (χ3v) is 4.10. The second-order valence-corrected chi connectivity index (χ2v) is 6.38. The SMILES string of the molecule is CC1(C(=O)Nc2cccc(OCC(N)=S)c2)CCCCC1. The summed E-state index contributed by atoms with van der Waals surface area (Å²) in [6.07, 6.45) is 5.39. The maximum absolute atomic E-state index is 12.5. The summed E-state index contributed by atoms with van der Waals surface area (Å²) in [7, 11) is 0. The number of rotatable bonds is 5. The van der Waals surface area contributed by atoms with Crippen LogP contribution in [0.25, 0.3) is 0 Å². The van der Waals surface area contributed by atoms with Gasteiger partial charge in [-0.3, -0.25) is 4.79 Å². The van der Waals surface area contributed by atoms with Gasteiger partial charge in [0.1, 0.15) is 17.3 Å². The molecule has 0 saturated heterocycles. The minimum Gasteiger partial charge on any atom is -0.486 e. The van der Waals surface area contributed by atoms with Crippen molar-refractivity contribution in [2.24, 2.45) is 11.1 Å². The van der Waals surface area contributed by atoms with Gasteiger partial charge in [0.15, 0.2) is 0 Å². The first-order valence-corrected chi connectivity index (χ1v) is 7.73. The van der Waals surface area contributed by atoms with Crippen LogP contribution in [-0.2, 0) is 4.79 Å². The van der Waals surface area contributed by atoms with Crippen LogP contribution in [0.15, 0.2) is 24.3 Å². The highest BCUT2D eigenvalue weighted by molar-refractivity contribution is 7.80. The number of benzene rings is 1. The average Bonchev–Trinajstić information content (AvgIpc) is 2.46. The van der Waals surface area contributed by atoms with Crippen molar-refractivity contribution in [3.8, 4) is 5.75 Å². The van der Waals surface area contributed by atoms with Gasteiger partial charge in [0, 0.05) is 17.2 Å². The van der Waals surface area contributed by atoms with Gasteiger partial charge in [0.2, 0.25) is 5.91 Å². The van der Waals surface area contributed by atoms with Crippen LogP contribution in [0.5, 0.6) is 5.75 Å². The second kappa shape index (κ2) is 6.89. The standard InChI is InChI=1S/C16H22N2O2S/c1-16(8-3-2-4-9-16)15(19)18-12-6-5-7-13(10-12)20-11-14(17)21/h5-7,10H,2-4,8-9,11H2,1H3,(H2,17,21)(H,18,19). The van der Waals surface area contributed by atoms with E-state index < -0.39 is 0 Å². The van der Waals surface area contributed by atoms with Crippen LogP contribution in [-0.4, -0.2) is 17.5 Å². The molecule has 1 aromatic carbocycles. The highest BCUT2D eigenvalue weighted by Gasteiger charge is 2.34. The van der Waals surface area contributed by atoms with Crippen LogP contribution in [0.2, 0.25) is 0 Å². The van der Waals surface area contributed by atoms with Crippen LogP contribution >= 0.6 is 12.2 Å². The number of amides is 1. The molecule has 3 N–H and O–H groups in total. The van der Waals surface area contributed by atoms with Gasteiger partial charge in [-0.1, -0.05) is 44.5 Å². The third kappa shape index (κ3) is 4.43. The van der Waals surface area contributed by atoms with Gasteiger partial charge < -0.3 is 15.8 Å². The first kappa shape index (κ1) is 15.8. The Labute approximate surface area is 131 Å². The highest BCUT2D eigenvalue weighted by Crippen LogP contribution is 2.36. The molecule has 1 saturated carbocycles. The molecule has 0 radical (unpaired) electrons. The summed E-state index contributed by atoms with van der Waals surface area (Å²) < 4.78 is 5.44. The van der Waals surface area contributed by atoms with Gasteiger partial charge in [0.25, 0.3) is 0 Å². The zero-order valence-corrected chi connectivity index (χ0v) is 13.2. The number of carbonyl (C=O) groups is 1. The molecule has 2 rings (SSSR count). The normalized spacial score (nSPS) is 17.0. The molecule has 4 nitrogen and oxygen atoms in total. The Morgan fingerprint density at radius 2 is 2.10 bits per heavy atom. The molecule has 0 unspecified atom stereocenters. The van der Waals surface area contributed by atoms with Crippen molar-refractivity contribution in [1.82, 2.24) is 0 Å². The smallest absolute Gasteiger partial charge is 0.230 e. The lowest BCUT2D eigenvalue weighted by Gasteiger charge is -2.32. The Morgan fingerprint density at radius 1 is 1.38 bits per heavy atom. The predicted octanol–water partition coefficient (Wildman–Crippen LogP) is 3.26. The number of nitrogens with one attached hydrogen (secondary N) is 1. The summed E-state index contributed by atoms with van der Waals surface area (Å²) in [5, 5.41) is 3.00. The van der Waals surface area contributed by atoms with Crippen molar-refractivity contribution in [2.45, 2.75) is 39.0 Å². The number of hydrogen-bond acceptors (Lipinski definition) is 3. The largest absolute Gasteiger partial charge is 0.486 e. The van der Waals surface area contributed by atoms with E-state index in [1.807, 2.05) is 18.2 Å². The monoisotopic (exact) mass is 306 g/mol. The van der Waals surface area contributed by atoms with Crippen molar-refractivity contribution >= 4 is 28.8 Å². The Bertz CT molecular complexity index is 525. The van der Waals surface area contributed by atoms with Crippen molar-refractivity contribution in [3.63, 3.8) is 0 Å². The summed E-state index contributed by atoms with van der Waals surface area (Å²) in [4.78, 5) is 12.8. The quantitative estimate of drug-likeness (QED) is 0.820. The summed E-state index contributed by atoms with van der Waals surface area (Å²) in [5.74, 6) is 0.739. The van der Waals surface area contributed by atoms with Crippen LogP contribution in [0.1, 0.15) is 39.0 Å². The molecule has 1 aliphatic rings. The molecule has 1 aromatic rings. The average molecular weight is 306 g/mol. The second-order valence-electron chi connectivity index (χ2n) is 5.86. The van der Waals surface area contributed by atoms with Gasteiger partial charge in [-0.2, -0.15) is 0 Å². The highest BCUT2D eigenvalue weighted by atomic mass is 32.1. The minimum atomic E-state index is -0.256. The topological polar surface area (TPSA) is 64.3 Å². The molecule has 114 valence electrons. The first-order valence-electron chi connectivity index (χ1n) is 7.32. The van der Waals surface area contributed by atoms with E-state index in [1.54, 1.807) is 6.07 Å². The number of carbonyl (C=O) groups excluding carboxylic acids is 1. The molecule has 0 aromatic heterocycles. The van der Waals surface area contributed by atoms with Crippen molar-refractivity contribution in [3.05, 3.63) is 24.3 Å². The Morgan fingerprint density at radius 3 is 2.76 bits per heavy atom. The fraction of sp³-hybridized carbons (Fsp3) is 0.500. The molecule has 0 bridgehead atoms. The Kier molecular flexibility index (Phi) is 5.17. The lowest BCUT2D eigenvalue weighted by Crippen LogP contribution is -2.35. The van der Waals surface area contributed by atoms with Gasteiger partial charge in [-0.25, -0.2) is 0 Å². The molecule has 1 fully saturated rings. The zero-order valence-electron chi connectivity index (χ0n) is 12.4. The molecule has 5 heteroatoms. The van der Waals surface area contributed by atoms with E-state index in [9.17, 15) is 4.79 Å². The molecule has 1 aliphatic carbocycles. The maximum Gasteiger partial charge on any atom is 0.230 e. The molecule has 0 heterocycles. The number of thiocarbonyl (C=S) groups is 1. The van der Waals surface area contributed by atoms with Gasteiger partial charge in [0.05, 0.1) is 0 Å². The summed E-state index contributed by atoms with van der Waals surface area (Å²) in [6.45, 7) is 2.25. The molecule has 21 heavy (non-hydrogen) atoms. The van der Waals surface area contributed by atoms with E-state index >= 15 is 0 Å². The van der Waals surface area contributed by atoms with Crippen LogP contribution < -0.4 is 15.8 Å². The van der Waals surface area contributed by atoms with Gasteiger partial charge >= 0.3 is 0 Å². The molecule has 0 aliphatic heterocycles. The maximum atomic E-state index is 12.5. The summed E-state index contributed by atoms with van der Waals surface area (Å²) in [6, 6.07) is 7.31. The van der Waals surface area contributed by atoms with E-state index in [1.165, 1.54) is 6.42 Å². The summed E-state index contributed by atoms with van der Waals surface area (Å²) in [5.41, 5.74) is 5.90. The van der Waals surface area contributed by atoms with Crippen LogP contribution in [0.3, 0.4) is 0 Å². The van der Waals surface area contributed by atoms with E-state index in [4.69, 9.17) is 22.7 Å². The molecule has 1 amide bonds. The number of nitrogens with two attached hydrogens (primary N) is 1. The van der Waals surface area contributed by atoms with E-state index in [0.717, 1.165) is 31.4 Å². The fourth-order valence-corrected chi connectivity index (χ4v) is 2.72. The van der Waals surface area contributed by atoms with E-state index in [2.05, 4.69) is 12.2 Å². The van der Waals surface area contributed by atoms with E-state index in [0.29, 0.717) is 10.7 Å². The van der Waals surface area contributed by atoms with E-state index in [-0.39, 0.29) is 17.9 Å². The van der Waals surface area contributed by atoms with Crippen molar-refractivity contribution in [1.29, 1.82) is 0 Å². The van der Waals surface area contributed by atoms with Crippen molar-refractivity contribution < 1.29 is 9.53 Å². The van der Waals surface area contributed by atoms with Crippen LogP contribution in [0, 0.1) is 5.41 Å². The lowest BCUT2D eigenvalue weighted by atomic mass is 9.75. The molecule has 0 spiro atoms. The van der Waals surface area contributed by atoms with Crippen LogP contribution in [0.4, 0.5) is 5.69 Å². The van der Waals surface area contributed by atoms with Crippen molar-refractivity contribution in [2.75, 3.05) is 11.9 Å². The van der Waals surface area contributed by atoms with Gasteiger partial charge in [-0.05, 0) is 25.0 Å². The Hall–Kier alpha value is -1.62. The predicted molar refractivity (Wildman–Crippen MR) is 88.5 cm³/mol. The molecule has 0 atom stereocenters. The number of anilines is 1. The molecular weight excluding hydrogens is 284 g/mol. The lowest BCUT2D eigenvalue weighted by molar-refractivity contribution is -0.126. The van der Waals surface area contributed by atoms with Gasteiger partial charge in [-0.15, -0.1) is 0 Å². The number of ether oxygens (including phenoxy) is 1. The Balaban J connectivity index is 2.00. The summed E-state index contributed by atoms with van der Waals surface area (Å²) >= 11 is 4.78. The minimum absolute atomic E-state index is 0.0914. The fourth-order valence-electron chi connectivity index (χ4n) is 2.66. The first-order chi connectivity index (χ1) is 9.99. The third-order valence-electron chi connectivity index (χ3n) is 3.98. The zero-order chi connectivity index (χ0) is 15.3. The number of hydrogen-bond donors (Lipinski definition) is 2.